The largest absolute Gasteiger partial charge is 0.367 e. The molecular formula is C24H30N4OS. The van der Waals surface area contributed by atoms with Gasteiger partial charge in [0.2, 0.25) is 0 Å². The molecule has 0 bridgehead atoms. The quantitative estimate of drug-likeness (QED) is 0.631. The molecule has 158 valence electrons. The molecule has 4 rings (SSSR count). The second-order valence-electron chi connectivity index (χ2n) is 7.84. The van der Waals surface area contributed by atoms with Gasteiger partial charge in [-0.1, -0.05) is 25.1 Å². The van der Waals surface area contributed by atoms with E-state index in [1.54, 1.807) is 11.3 Å². The molecule has 1 fully saturated rings. The van der Waals surface area contributed by atoms with Gasteiger partial charge in [0.05, 0.1) is 23.5 Å². The van der Waals surface area contributed by atoms with E-state index >= 15 is 0 Å². The Morgan fingerprint density at radius 2 is 1.83 bits per heavy atom. The third kappa shape index (κ3) is 4.30. The Balaban J connectivity index is 1.52. The van der Waals surface area contributed by atoms with Crippen LogP contribution in [0.3, 0.4) is 0 Å². The van der Waals surface area contributed by atoms with Crippen LogP contribution in [0, 0.1) is 13.8 Å². The second-order valence-corrected chi connectivity index (χ2v) is 8.88. The number of hydrogen-bond acceptors (Lipinski definition) is 4. The normalized spacial score (nSPS) is 14.8. The number of aryl methyl sites for hydroxylation is 1. The van der Waals surface area contributed by atoms with Crippen molar-refractivity contribution in [2.75, 3.05) is 42.9 Å². The minimum atomic E-state index is -0.0415. The van der Waals surface area contributed by atoms with Crippen molar-refractivity contribution < 1.29 is 4.79 Å². The molecule has 0 saturated carbocycles. The smallest absolute Gasteiger partial charge is 0.257 e. The van der Waals surface area contributed by atoms with E-state index in [2.05, 4.69) is 57.1 Å². The van der Waals surface area contributed by atoms with Crippen molar-refractivity contribution in [2.24, 2.45) is 0 Å². The monoisotopic (exact) mass is 422 g/mol. The van der Waals surface area contributed by atoms with E-state index in [1.807, 2.05) is 31.2 Å². The molecule has 0 unspecified atom stereocenters. The molecule has 1 saturated heterocycles. The summed E-state index contributed by atoms with van der Waals surface area (Å²) in [6, 6.07) is 14.4. The van der Waals surface area contributed by atoms with Crippen LogP contribution in [0.25, 0.3) is 0 Å². The highest BCUT2D eigenvalue weighted by molar-refractivity contribution is 7.09. The molecule has 0 spiro atoms. The second kappa shape index (κ2) is 9.06. The summed E-state index contributed by atoms with van der Waals surface area (Å²) in [4.78, 5) is 19.3. The van der Waals surface area contributed by atoms with Gasteiger partial charge in [0.25, 0.3) is 5.91 Å². The molecule has 0 aliphatic carbocycles. The number of nitrogens with one attached hydrogen (secondary N) is 1. The van der Waals surface area contributed by atoms with Gasteiger partial charge in [0, 0.05) is 42.4 Å². The zero-order valence-corrected chi connectivity index (χ0v) is 18.8. The van der Waals surface area contributed by atoms with Crippen molar-refractivity contribution >= 4 is 28.6 Å². The Hall–Kier alpha value is -2.57. The van der Waals surface area contributed by atoms with Gasteiger partial charge in [-0.25, -0.2) is 0 Å². The number of thiophene rings is 1. The van der Waals surface area contributed by atoms with Crippen molar-refractivity contribution in [3.05, 3.63) is 69.7 Å². The van der Waals surface area contributed by atoms with Crippen LogP contribution in [0.2, 0.25) is 0 Å². The fourth-order valence-corrected chi connectivity index (χ4v) is 4.88. The molecule has 1 amide bonds. The van der Waals surface area contributed by atoms with Crippen LogP contribution in [0.5, 0.6) is 0 Å². The molecule has 5 nitrogen and oxygen atoms in total. The number of hydrogen-bond donors (Lipinski definition) is 1. The van der Waals surface area contributed by atoms with Gasteiger partial charge in [-0.2, -0.15) is 0 Å². The molecule has 1 aliphatic heterocycles. The Morgan fingerprint density at radius 1 is 1.07 bits per heavy atom. The number of rotatable bonds is 6. The van der Waals surface area contributed by atoms with E-state index < -0.39 is 0 Å². The summed E-state index contributed by atoms with van der Waals surface area (Å²) >= 11 is 1.74. The predicted octanol–water partition coefficient (Wildman–Crippen LogP) is 4.61. The third-order valence-electron chi connectivity index (χ3n) is 6.02. The summed E-state index contributed by atoms with van der Waals surface area (Å²) in [5.74, 6) is -0.0415. The van der Waals surface area contributed by atoms with Crippen LogP contribution >= 0.6 is 11.3 Å². The lowest BCUT2D eigenvalue weighted by atomic mass is 10.2. The average Bonchev–Trinajstić information content (AvgIpc) is 3.38. The Labute approximate surface area is 182 Å². The van der Waals surface area contributed by atoms with Gasteiger partial charge in [0.15, 0.2) is 0 Å². The van der Waals surface area contributed by atoms with E-state index in [0.29, 0.717) is 0 Å². The lowest BCUT2D eigenvalue weighted by molar-refractivity contribution is 0.102. The maximum atomic E-state index is 13.2. The number of likely N-dealkylation sites (N-methyl/N-ethyl adjacent to an activating group) is 1. The van der Waals surface area contributed by atoms with Gasteiger partial charge >= 0.3 is 0 Å². The van der Waals surface area contributed by atoms with Gasteiger partial charge in [-0.3, -0.25) is 4.79 Å². The minimum Gasteiger partial charge on any atom is -0.367 e. The predicted molar refractivity (Wildman–Crippen MR) is 126 cm³/mol. The van der Waals surface area contributed by atoms with E-state index in [9.17, 15) is 4.79 Å². The maximum absolute atomic E-state index is 13.2. The Morgan fingerprint density at radius 3 is 2.53 bits per heavy atom. The molecule has 3 aromatic rings. The highest BCUT2D eigenvalue weighted by atomic mass is 32.1. The third-order valence-corrected chi connectivity index (χ3v) is 6.89. The number of benzene rings is 1. The Kier molecular flexibility index (Phi) is 6.25. The van der Waals surface area contributed by atoms with E-state index in [4.69, 9.17) is 0 Å². The lowest BCUT2D eigenvalue weighted by Gasteiger charge is -2.36. The van der Waals surface area contributed by atoms with Crippen LogP contribution in [0.1, 0.15) is 33.5 Å². The number of aromatic nitrogens is 1. The van der Waals surface area contributed by atoms with Crippen molar-refractivity contribution in [3.8, 4) is 0 Å². The Bertz CT molecular complexity index is 1000. The molecular weight excluding hydrogens is 392 g/mol. The lowest BCUT2D eigenvalue weighted by Crippen LogP contribution is -2.46. The summed E-state index contributed by atoms with van der Waals surface area (Å²) in [5, 5.41) is 5.28. The molecule has 2 aromatic heterocycles. The first-order valence-electron chi connectivity index (χ1n) is 10.6. The van der Waals surface area contributed by atoms with Gasteiger partial charge in [0.1, 0.15) is 0 Å². The molecule has 3 heterocycles. The van der Waals surface area contributed by atoms with E-state index in [-0.39, 0.29) is 5.91 Å². The molecule has 0 atom stereocenters. The van der Waals surface area contributed by atoms with Gasteiger partial charge in [-0.05, 0) is 50.0 Å². The molecule has 6 heteroatoms. The molecule has 0 radical (unpaired) electrons. The highest BCUT2D eigenvalue weighted by Gasteiger charge is 2.21. The molecule has 30 heavy (non-hydrogen) atoms. The first-order valence-corrected chi connectivity index (χ1v) is 11.5. The van der Waals surface area contributed by atoms with Crippen LogP contribution in [-0.4, -0.2) is 48.1 Å². The molecule has 1 N–H and O–H groups in total. The summed E-state index contributed by atoms with van der Waals surface area (Å²) in [7, 11) is 0. The van der Waals surface area contributed by atoms with Crippen molar-refractivity contribution in [1.82, 2.24) is 9.47 Å². The summed E-state index contributed by atoms with van der Waals surface area (Å²) < 4.78 is 2.22. The number of nitrogens with zero attached hydrogens (tertiary/aromatic N) is 3. The molecule has 1 aromatic carbocycles. The van der Waals surface area contributed by atoms with E-state index in [0.717, 1.165) is 67.6 Å². The fourth-order valence-electron chi connectivity index (χ4n) is 4.18. The summed E-state index contributed by atoms with van der Waals surface area (Å²) in [5.41, 5.74) is 4.85. The van der Waals surface area contributed by atoms with Gasteiger partial charge in [-0.15, -0.1) is 11.3 Å². The molecule has 1 aliphatic rings. The van der Waals surface area contributed by atoms with Crippen LogP contribution < -0.4 is 10.2 Å². The number of anilines is 2. The summed E-state index contributed by atoms with van der Waals surface area (Å²) in [6.45, 7) is 12.3. The van der Waals surface area contributed by atoms with E-state index in [1.165, 1.54) is 4.88 Å². The first kappa shape index (κ1) is 20.7. The van der Waals surface area contributed by atoms with Gasteiger partial charge < -0.3 is 19.7 Å². The highest BCUT2D eigenvalue weighted by Crippen LogP contribution is 2.28. The number of carbonyl (C=O) groups excluding carboxylic acids is 1. The van der Waals surface area contributed by atoms with Crippen molar-refractivity contribution in [1.29, 1.82) is 0 Å². The van der Waals surface area contributed by atoms with Crippen molar-refractivity contribution in [2.45, 2.75) is 27.3 Å². The fraction of sp³-hybridized carbons (Fsp3) is 0.375. The minimum absolute atomic E-state index is 0.0415. The average molecular weight is 423 g/mol. The number of carbonyl (C=O) groups is 1. The van der Waals surface area contributed by atoms with Crippen LogP contribution in [0.4, 0.5) is 11.4 Å². The number of piperazine rings is 1. The topological polar surface area (TPSA) is 40.5 Å². The SMILES string of the molecule is CCN1CCN(c2ccccc2NC(=O)c2cc(C)n(Cc3cccs3)c2C)CC1. The zero-order valence-electron chi connectivity index (χ0n) is 18.0. The zero-order chi connectivity index (χ0) is 21.1. The van der Waals surface area contributed by atoms with Crippen LogP contribution in [0.15, 0.2) is 47.8 Å². The summed E-state index contributed by atoms with van der Waals surface area (Å²) in [6.07, 6.45) is 0. The standard InChI is InChI=1S/C24H30N4OS/c1-4-26-11-13-27(14-12-26)23-10-6-5-9-22(23)25-24(29)21-16-18(2)28(19(21)3)17-20-8-7-15-30-20/h5-10,15-16H,4,11-14,17H2,1-3H3,(H,25,29). The van der Waals surface area contributed by atoms with Crippen LogP contribution in [-0.2, 0) is 6.54 Å². The maximum Gasteiger partial charge on any atom is 0.257 e. The number of amides is 1. The van der Waals surface area contributed by atoms with Crippen molar-refractivity contribution in [3.63, 3.8) is 0 Å². The number of para-hydroxylation sites is 2. The first-order chi connectivity index (χ1) is 14.6.